The number of hydrogen-bond acceptors (Lipinski definition) is 5. The molecule has 0 aliphatic carbocycles. The monoisotopic (exact) mass is 230 g/mol. The molecule has 0 radical (unpaired) electrons. The third-order valence-electron chi connectivity index (χ3n) is 1.97. The lowest BCUT2D eigenvalue weighted by Crippen LogP contribution is -2.01. The minimum Gasteiger partial charge on any atom is -0.381 e. The van der Waals surface area contributed by atoms with E-state index in [4.69, 9.17) is 10.5 Å². The number of nitrogens with zero attached hydrogens (tertiary/aromatic N) is 3. The Balaban J connectivity index is 2.12. The number of unbranched alkanes of at least 4 members (excludes halogenated alkanes) is 1. The van der Waals surface area contributed by atoms with E-state index in [1.165, 1.54) is 6.42 Å². The van der Waals surface area contributed by atoms with Gasteiger partial charge in [0.15, 0.2) is 5.16 Å². The molecular weight excluding hydrogens is 212 g/mol. The zero-order valence-corrected chi connectivity index (χ0v) is 10.1. The molecule has 6 heteroatoms. The summed E-state index contributed by atoms with van der Waals surface area (Å²) in [7, 11) is 1.86. The molecule has 0 bridgehead atoms. The largest absolute Gasteiger partial charge is 0.381 e. The molecule has 0 aliphatic rings. The summed E-state index contributed by atoms with van der Waals surface area (Å²) in [6, 6.07) is 0. The Labute approximate surface area is 94.4 Å². The zero-order chi connectivity index (χ0) is 11.1. The van der Waals surface area contributed by atoms with Crippen molar-refractivity contribution in [2.24, 2.45) is 7.05 Å². The molecule has 1 aromatic heterocycles. The highest BCUT2D eigenvalue weighted by molar-refractivity contribution is 7.99. The van der Waals surface area contributed by atoms with Gasteiger partial charge in [0.2, 0.25) is 5.95 Å². The first-order chi connectivity index (χ1) is 7.25. The van der Waals surface area contributed by atoms with Crippen molar-refractivity contribution in [1.82, 2.24) is 14.8 Å². The second-order valence-corrected chi connectivity index (χ2v) is 4.28. The summed E-state index contributed by atoms with van der Waals surface area (Å²) in [5, 5.41) is 8.56. The van der Waals surface area contributed by atoms with Crippen molar-refractivity contribution < 1.29 is 4.74 Å². The van der Waals surface area contributed by atoms with Crippen molar-refractivity contribution in [3.05, 3.63) is 0 Å². The van der Waals surface area contributed by atoms with Gasteiger partial charge in [-0.1, -0.05) is 25.1 Å². The fraction of sp³-hybridized carbons (Fsp3) is 0.778. The maximum absolute atomic E-state index is 5.56. The van der Waals surface area contributed by atoms with Gasteiger partial charge in [0.05, 0.1) is 6.61 Å². The van der Waals surface area contributed by atoms with Crippen molar-refractivity contribution in [3.63, 3.8) is 0 Å². The van der Waals surface area contributed by atoms with Crippen LogP contribution in [0, 0.1) is 0 Å². The van der Waals surface area contributed by atoms with Crippen molar-refractivity contribution in [1.29, 1.82) is 0 Å². The van der Waals surface area contributed by atoms with Gasteiger partial charge in [0, 0.05) is 19.4 Å². The Bertz CT molecular complexity index is 290. The lowest BCUT2D eigenvalue weighted by Gasteiger charge is -2.02. The number of anilines is 1. The quantitative estimate of drug-likeness (QED) is 0.565. The van der Waals surface area contributed by atoms with E-state index in [1.54, 1.807) is 16.3 Å². The summed E-state index contributed by atoms with van der Waals surface area (Å²) < 4.78 is 7.21. The Morgan fingerprint density at radius 2 is 2.20 bits per heavy atom. The Morgan fingerprint density at radius 3 is 2.80 bits per heavy atom. The van der Waals surface area contributed by atoms with E-state index in [0.717, 1.165) is 30.5 Å². The second kappa shape index (κ2) is 6.68. The van der Waals surface area contributed by atoms with Crippen molar-refractivity contribution in [3.8, 4) is 0 Å². The van der Waals surface area contributed by atoms with Crippen LogP contribution in [0.3, 0.4) is 0 Å². The van der Waals surface area contributed by atoms with Gasteiger partial charge < -0.3 is 10.5 Å². The normalized spacial score (nSPS) is 10.8. The van der Waals surface area contributed by atoms with Crippen LogP contribution < -0.4 is 5.73 Å². The van der Waals surface area contributed by atoms with Crippen LogP contribution in [-0.2, 0) is 11.8 Å². The van der Waals surface area contributed by atoms with E-state index in [-0.39, 0.29) is 0 Å². The fourth-order valence-electron chi connectivity index (χ4n) is 0.992. The maximum atomic E-state index is 5.56. The summed E-state index contributed by atoms with van der Waals surface area (Å²) in [5.41, 5.74) is 5.56. The summed E-state index contributed by atoms with van der Waals surface area (Å²) in [4.78, 5) is 0. The molecule has 0 saturated carbocycles. The second-order valence-electron chi connectivity index (χ2n) is 3.21. The summed E-state index contributed by atoms with van der Waals surface area (Å²) in [5.74, 6) is 1.33. The van der Waals surface area contributed by atoms with Crippen molar-refractivity contribution >= 4 is 17.7 Å². The number of thioether (sulfide) groups is 1. The minimum atomic E-state index is 0.449. The molecule has 15 heavy (non-hydrogen) atoms. The van der Waals surface area contributed by atoms with Crippen LogP contribution in [0.15, 0.2) is 5.16 Å². The summed E-state index contributed by atoms with van der Waals surface area (Å²) in [6.07, 6.45) is 2.30. The van der Waals surface area contributed by atoms with Crippen LogP contribution >= 0.6 is 11.8 Å². The highest BCUT2D eigenvalue weighted by atomic mass is 32.2. The van der Waals surface area contributed by atoms with Gasteiger partial charge in [0.25, 0.3) is 0 Å². The van der Waals surface area contributed by atoms with Crippen molar-refractivity contribution in [2.75, 3.05) is 24.7 Å². The number of nitrogen functional groups attached to an aromatic ring is 1. The van der Waals surface area contributed by atoms with Gasteiger partial charge >= 0.3 is 0 Å². The van der Waals surface area contributed by atoms with Gasteiger partial charge in [-0.15, -0.1) is 10.2 Å². The Hall–Kier alpha value is -0.750. The molecule has 0 amide bonds. The van der Waals surface area contributed by atoms with Crippen LogP contribution in [0.5, 0.6) is 0 Å². The van der Waals surface area contributed by atoms with Gasteiger partial charge in [0.1, 0.15) is 0 Å². The third-order valence-corrected chi connectivity index (χ3v) is 2.95. The van der Waals surface area contributed by atoms with Gasteiger partial charge in [-0.05, 0) is 6.42 Å². The standard InChI is InChI=1S/C9H18N4OS/c1-3-4-5-14-6-7-15-9-12-11-8(10)13(9)2/h3-7H2,1-2H3,(H2,10,11). The zero-order valence-electron chi connectivity index (χ0n) is 9.27. The highest BCUT2D eigenvalue weighted by Crippen LogP contribution is 2.15. The molecule has 0 aliphatic heterocycles. The molecule has 2 N–H and O–H groups in total. The number of rotatable bonds is 7. The summed E-state index contributed by atoms with van der Waals surface area (Å²) in [6.45, 7) is 3.75. The molecule has 0 aromatic carbocycles. The molecule has 0 fully saturated rings. The van der Waals surface area contributed by atoms with E-state index in [1.807, 2.05) is 7.05 Å². The Kier molecular flexibility index (Phi) is 5.49. The number of hydrogen-bond donors (Lipinski definition) is 1. The average molecular weight is 230 g/mol. The predicted octanol–water partition coefficient (Wildman–Crippen LogP) is 1.31. The van der Waals surface area contributed by atoms with Crippen LogP contribution in [0.4, 0.5) is 5.95 Å². The lowest BCUT2D eigenvalue weighted by atomic mass is 10.4. The number of nitrogens with two attached hydrogens (primary N) is 1. The first kappa shape index (κ1) is 12.3. The van der Waals surface area contributed by atoms with Gasteiger partial charge in [-0.3, -0.25) is 4.57 Å². The van der Waals surface area contributed by atoms with Crippen LogP contribution in [0.25, 0.3) is 0 Å². The summed E-state index contributed by atoms with van der Waals surface area (Å²) >= 11 is 1.61. The molecule has 1 heterocycles. The molecule has 1 rings (SSSR count). The molecule has 0 spiro atoms. The first-order valence-electron chi connectivity index (χ1n) is 5.11. The first-order valence-corrected chi connectivity index (χ1v) is 6.09. The topological polar surface area (TPSA) is 66.0 Å². The van der Waals surface area contributed by atoms with Crippen LogP contribution in [0.2, 0.25) is 0 Å². The third kappa shape index (κ3) is 4.09. The van der Waals surface area contributed by atoms with Gasteiger partial charge in [-0.25, -0.2) is 0 Å². The smallest absolute Gasteiger partial charge is 0.222 e. The van der Waals surface area contributed by atoms with Crippen LogP contribution in [0.1, 0.15) is 19.8 Å². The van der Waals surface area contributed by atoms with Crippen LogP contribution in [-0.4, -0.2) is 33.7 Å². The lowest BCUT2D eigenvalue weighted by molar-refractivity contribution is 0.147. The number of ether oxygens (including phenoxy) is 1. The maximum Gasteiger partial charge on any atom is 0.222 e. The van der Waals surface area contributed by atoms with E-state index in [2.05, 4.69) is 17.1 Å². The predicted molar refractivity (Wildman–Crippen MR) is 61.9 cm³/mol. The molecule has 0 unspecified atom stereocenters. The molecule has 0 saturated heterocycles. The highest BCUT2D eigenvalue weighted by Gasteiger charge is 2.04. The van der Waals surface area contributed by atoms with Crippen molar-refractivity contribution in [2.45, 2.75) is 24.9 Å². The van der Waals surface area contributed by atoms with E-state index < -0.39 is 0 Å². The molecule has 5 nitrogen and oxygen atoms in total. The van der Waals surface area contributed by atoms with E-state index in [0.29, 0.717) is 5.95 Å². The number of aromatic nitrogens is 3. The van der Waals surface area contributed by atoms with E-state index >= 15 is 0 Å². The molecule has 86 valence electrons. The van der Waals surface area contributed by atoms with Gasteiger partial charge in [-0.2, -0.15) is 0 Å². The minimum absolute atomic E-state index is 0.449. The average Bonchev–Trinajstić information content (AvgIpc) is 2.54. The molecule has 0 atom stereocenters. The Morgan fingerprint density at radius 1 is 1.40 bits per heavy atom. The molecular formula is C9H18N4OS. The van der Waals surface area contributed by atoms with E-state index in [9.17, 15) is 0 Å². The SMILES string of the molecule is CCCCOCCSc1nnc(N)n1C. The molecule has 1 aromatic rings. The fourth-order valence-corrected chi connectivity index (χ4v) is 1.76.